The van der Waals surface area contributed by atoms with Crippen molar-refractivity contribution in [3.05, 3.63) is 48.0 Å². The van der Waals surface area contributed by atoms with Gasteiger partial charge < -0.3 is 30.4 Å². The number of nitrogens with one attached hydrogen (secondary N) is 1. The molecule has 4 rings (SSSR count). The standard InChI is InChI=1S/C25H32N4O5/c1-17(30)18-3-2-4-21(13-18)28-9-11-29(12-10-28)24(33)16-27-8-7-19(15-27)25(34)26-20-5-6-22(31)23(32)14-20/h2-6,13-14,19,25-26,31-32,34H,7-12,15-16H2,1H3/t19-,25?/m1/s1. The van der Waals surface area contributed by atoms with Crippen molar-refractivity contribution in [2.75, 3.05) is 56.0 Å². The Hall–Kier alpha value is -3.30. The van der Waals surface area contributed by atoms with Gasteiger partial charge in [-0.25, -0.2) is 0 Å². The Kier molecular flexibility index (Phi) is 7.23. The van der Waals surface area contributed by atoms with Crippen molar-refractivity contribution < 1.29 is 24.9 Å². The zero-order valence-corrected chi connectivity index (χ0v) is 19.4. The predicted octanol–water partition coefficient (Wildman–Crippen LogP) is 1.70. The maximum absolute atomic E-state index is 12.9. The smallest absolute Gasteiger partial charge is 0.236 e. The number of carbonyl (C=O) groups excluding carboxylic acids is 2. The normalized spacial score (nSPS) is 19.8. The van der Waals surface area contributed by atoms with Gasteiger partial charge in [0.05, 0.1) is 6.54 Å². The van der Waals surface area contributed by atoms with E-state index in [1.54, 1.807) is 13.0 Å². The Morgan fingerprint density at radius 3 is 2.50 bits per heavy atom. The van der Waals surface area contributed by atoms with Crippen LogP contribution in [0.2, 0.25) is 0 Å². The van der Waals surface area contributed by atoms with E-state index in [-0.39, 0.29) is 29.1 Å². The lowest BCUT2D eigenvalue weighted by Crippen LogP contribution is -2.51. The summed E-state index contributed by atoms with van der Waals surface area (Å²) in [6.45, 7) is 5.92. The van der Waals surface area contributed by atoms with Gasteiger partial charge in [-0.3, -0.25) is 14.5 Å². The number of nitrogens with zero attached hydrogens (tertiary/aromatic N) is 3. The molecule has 2 aromatic carbocycles. The summed E-state index contributed by atoms with van der Waals surface area (Å²) in [6, 6.07) is 11.9. The number of piperazine rings is 1. The summed E-state index contributed by atoms with van der Waals surface area (Å²) >= 11 is 0. The molecule has 0 saturated carbocycles. The van der Waals surface area contributed by atoms with Crippen molar-refractivity contribution in [2.45, 2.75) is 19.6 Å². The summed E-state index contributed by atoms with van der Waals surface area (Å²) in [5.74, 6) is -0.377. The molecule has 0 radical (unpaired) electrons. The molecule has 2 aromatic rings. The van der Waals surface area contributed by atoms with Crippen LogP contribution in [0.4, 0.5) is 11.4 Å². The van der Waals surface area contributed by atoms with Gasteiger partial charge in [-0.2, -0.15) is 0 Å². The Balaban J connectivity index is 1.23. The Labute approximate surface area is 199 Å². The van der Waals surface area contributed by atoms with Crippen LogP contribution in [0.15, 0.2) is 42.5 Å². The zero-order valence-electron chi connectivity index (χ0n) is 19.4. The van der Waals surface area contributed by atoms with Gasteiger partial charge in [0.2, 0.25) is 5.91 Å². The second-order valence-electron chi connectivity index (χ2n) is 9.05. The van der Waals surface area contributed by atoms with E-state index in [2.05, 4.69) is 15.1 Å². The lowest BCUT2D eigenvalue weighted by molar-refractivity contribution is -0.132. The predicted molar refractivity (Wildman–Crippen MR) is 129 cm³/mol. The van der Waals surface area contributed by atoms with Crippen LogP contribution in [0.25, 0.3) is 0 Å². The van der Waals surface area contributed by atoms with Crippen LogP contribution < -0.4 is 10.2 Å². The van der Waals surface area contributed by atoms with Gasteiger partial charge in [-0.1, -0.05) is 12.1 Å². The number of amides is 1. The van der Waals surface area contributed by atoms with Crippen molar-refractivity contribution in [3.8, 4) is 11.5 Å². The molecular formula is C25H32N4O5. The monoisotopic (exact) mass is 468 g/mol. The van der Waals surface area contributed by atoms with Gasteiger partial charge in [-0.15, -0.1) is 0 Å². The van der Waals surface area contributed by atoms with E-state index in [9.17, 15) is 24.9 Å². The summed E-state index contributed by atoms with van der Waals surface area (Å²) in [5, 5.41) is 32.5. The number of ketones is 1. The quantitative estimate of drug-likeness (QED) is 0.210. The fourth-order valence-electron chi connectivity index (χ4n) is 4.59. The summed E-state index contributed by atoms with van der Waals surface area (Å²) in [6.07, 6.45) is -0.0652. The molecule has 0 aromatic heterocycles. The zero-order chi connectivity index (χ0) is 24.2. The highest BCUT2D eigenvalue weighted by Gasteiger charge is 2.31. The van der Waals surface area contributed by atoms with Gasteiger partial charge in [0, 0.05) is 61.6 Å². The highest BCUT2D eigenvalue weighted by Crippen LogP contribution is 2.29. The molecule has 4 N–H and O–H groups in total. The summed E-state index contributed by atoms with van der Waals surface area (Å²) in [4.78, 5) is 30.7. The fourth-order valence-corrected chi connectivity index (χ4v) is 4.59. The first-order chi connectivity index (χ1) is 16.3. The molecule has 9 heteroatoms. The molecule has 2 atom stereocenters. The average Bonchev–Trinajstić information content (AvgIpc) is 3.30. The third kappa shape index (κ3) is 5.60. The largest absolute Gasteiger partial charge is 0.504 e. The van der Waals surface area contributed by atoms with Crippen molar-refractivity contribution in [1.29, 1.82) is 0 Å². The van der Waals surface area contributed by atoms with E-state index in [4.69, 9.17) is 0 Å². The van der Waals surface area contributed by atoms with Crippen LogP contribution in [-0.2, 0) is 4.79 Å². The number of Topliss-reactive ketones (excluding diaryl/α,β-unsaturated/α-hetero) is 1. The number of aliphatic hydroxyl groups excluding tert-OH is 1. The number of hydrogen-bond donors (Lipinski definition) is 4. The van der Waals surface area contributed by atoms with Gasteiger partial charge in [0.25, 0.3) is 0 Å². The van der Waals surface area contributed by atoms with Gasteiger partial charge >= 0.3 is 0 Å². The summed E-state index contributed by atoms with van der Waals surface area (Å²) in [5.41, 5.74) is 2.22. The van der Waals surface area contributed by atoms with E-state index in [0.717, 1.165) is 31.7 Å². The molecule has 2 heterocycles. The third-order valence-corrected chi connectivity index (χ3v) is 6.65. The van der Waals surface area contributed by atoms with Crippen LogP contribution in [0.1, 0.15) is 23.7 Å². The lowest BCUT2D eigenvalue weighted by atomic mass is 10.1. The van der Waals surface area contributed by atoms with Gasteiger partial charge in [-0.05, 0) is 44.2 Å². The lowest BCUT2D eigenvalue weighted by Gasteiger charge is -2.37. The van der Waals surface area contributed by atoms with E-state index in [1.807, 2.05) is 29.2 Å². The molecule has 2 aliphatic rings. The van der Waals surface area contributed by atoms with Crippen LogP contribution in [0, 0.1) is 5.92 Å². The molecule has 1 unspecified atom stereocenters. The minimum atomic E-state index is -0.821. The van der Waals surface area contributed by atoms with E-state index < -0.39 is 6.23 Å². The molecular weight excluding hydrogens is 436 g/mol. The van der Waals surface area contributed by atoms with Gasteiger partial charge in [0.1, 0.15) is 6.23 Å². The first-order valence-corrected chi connectivity index (χ1v) is 11.6. The van der Waals surface area contributed by atoms with Crippen LogP contribution in [0.5, 0.6) is 11.5 Å². The molecule has 2 aliphatic heterocycles. The topological polar surface area (TPSA) is 117 Å². The molecule has 1 amide bonds. The second kappa shape index (κ2) is 10.3. The maximum Gasteiger partial charge on any atom is 0.236 e. The highest BCUT2D eigenvalue weighted by atomic mass is 16.3. The number of carbonyl (C=O) groups is 2. The maximum atomic E-state index is 12.9. The Morgan fingerprint density at radius 2 is 1.79 bits per heavy atom. The van der Waals surface area contributed by atoms with Crippen LogP contribution >= 0.6 is 0 Å². The summed E-state index contributed by atoms with van der Waals surface area (Å²) < 4.78 is 0. The van der Waals surface area contributed by atoms with Crippen molar-refractivity contribution in [2.24, 2.45) is 5.92 Å². The molecule has 0 spiro atoms. The third-order valence-electron chi connectivity index (χ3n) is 6.65. The molecule has 2 saturated heterocycles. The number of phenolic OH excluding ortho intramolecular Hbond substituents is 2. The van der Waals surface area contributed by atoms with E-state index in [0.29, 0.717) is 37.4 Å². The van der Waals surface area contributed by atoms with E-state index >= 15 is 0 Å². The van der Waals surface area contributed by atoms with E-state index in [1.165, 1.54) is 12.1 Å². The number of hydrogen-bond acceptors (Lipinski definition) is 8. The van der Waals surface area contributed by atoms with Crippen molar-refractivity contribution in [3.63, 3.8) is 0 Å². The number of aliphatic hydroxyl groups is 1. The van der Waals surface area contributed by atoms with Crippen LogP contribution in [-0.4, -0.2) is 88.9 Å². The number of benzene rings is 2. The van der Waals surface area contributed by atoms with Crippen molar-refractivity contribution >= 4 is 23.1 Å². The minimum absolute atomic E-state index is 0.0427. The fraction of sp³-hybridized carbons (Fsp3) is 0.440. The summed E-state index contributed by atoms with van der Waals surface area (Å²) in [7, 11) is 0. The van der Waals surface area contributed by atoms with Crippen molar-refractivity contribution in [1.82, 2.24) is 9.80 Å². The molecule has 34 heavy (non-hydrogen) atoms. The first-order valence-electron chi connectivity index (χ1n) is 11.6. The number of likely N-dealkylation sites (tertiary alicyclic amines) is 1. The number of phenols is 2. The minimum Gasteiger partial charge on any atom is -0.504 e. The molecule has 182 valence electrons. The van der Waals surface area contributed by atoms with Crippen LogP contribution in [0.3, 0.4) is 0 Å². The highest BCUT2D eigenvalue weighted by molar-refractivity contribution is 5.95. The number of aromatic hydroxyl groups is 2. The average molecular weight is 469 g/mol. The molecule has 2 fully saturated rings. The Bertz CT molecular complexity index is 1040. The molecule has 9 nitrogen and oxygen atoms in total. The van der Waals surface area contributed by atoms with Gasteiger partial charge in [0.15, 0.2) is 17.3 Å². The number of rotatable bonds is 7. The molecule has 0 bridgehead atoms. The SMILES string of the molecule is CC(=O)c1cccc(N2CCN(C(=O)CN3CC[C@@H](C(O)Nc4ccc(O)c(O)c4)C3)CC2)c1. The second-order valence-corrected chi connectivity index (χ2v) is 9.05. The Morgan fingerprint density at radius 1 is 1.03 bits per heavy atom. The number of anilines is 2. The molecule has 0 aliphatic carbocycles. The first kappa shape index (κ1) is 23.8.